The van der Waals surface area contributed by atoms with Crippen molar-refractivity contribution in [3.63, 3.8) is 0 Å². The Bertz CT molecular complexity index is 715. The fraction of sp³-hybridized carbons (Fsp3) is 0.125. The molecule has 0 aliphatic carbocycles. The second-order valence-corrected chi connectivity index (χ2v) is 4.79. The minimum atomic E-state index is -1.02. The van der Waals surface area contributed by atoms with Gasteiger partial charge in [0.25, 0.3) is 0 Å². The van der Waals surface area contributed by atoms with E-state index in [0.717, 1.165) is 17.7 Å². The molecule has 2 aromatic rings. The molecule has 0 fully saturated rings. The van der Waals surface area contributed by atoms with E-state index in [4.69, 9.17) is 0 Å². The second kappa shape index (κ2) is 7.35. The van der Waals surface area contributed by atoms with Crippen LogP contribution in [0.3, 0.4) is 0 Å². The van der Waals surface area contributed by atoms with E-state index in [9.17, 15) is 23.5 Å². The molecule has 0 unspecified atom stereocenters. The first-order valence-corrected chi connectivity index (χ1v) is 6.77. The molecule has 2 aromatic carbocycles. The van der Waals surface area contributed by atoms with E-state index in [0.29, 0.717) is 12.5 Å². The molecule has 23 heavy (non-hydrogen) atoms. The zero-order valence-corrected chi connectivity index (χ0v) is 12.0. The van der Waals surface area contributed by atoms with Gasteiger partial charge in [-0.15, -0.1) is 0 Å². The van der Waals surface area contributed by atoms with Crippen LogP contribution in [-0.4, -0.2) is 23.5 Å². The highest BCUT2D eigenvalue weighted by Gasteiger charge is 2.14. The number of nitrogens with one attached hydrogen (secondary N) is 2. The Morgan fingerprint density at radius 2 is 1.70 bits per heavy atom. The lowest BCUT2D eigenvalue weighted by atomic mass is 10.1. The van der Waals surface area contributed by atoms with E-state index in [1.54, 1.807) is 18.2 Å². The lowest BCUT2D eigenvalue weighted by Gasteiger charge is -2.07. The van der Waals surface area contributed by atoms with Gasteiger partial charge in [-0.1, -0.05) is 12.1 Å². The summed E-state index contributed by atoms with van der Waals surface area (Å²) in [6.45, 7) is 0.174. The van der Waals surface area contributed by atoms with Crippen molar-refractivity contribution in [2.75, 3.05) is 11.9 Å². The third-order valence-electron chi connectivity index (χ3n) is 2.94. The number of anilines is 1. The number of carbonyl (C=O) groups is 2. The van der Waals surface area contributed by atoms with Crippen LogP contribution in [0.5, 0.6) is 5.75 Å². The number of hydrogen-bond acceptors (Lipinski definition) is 3. The number of halogens is 2. The molecule has 0 heterocycles. The topological polar surface area (TPSA) is 78.4 Å². The molecule has 2 amide bonds. The van der Waals surface area contributed by atoms with Crippen molar-refractivity contribution >= 4 is 17.5 Å². The Hall–Kier alpha value is -2.96. The summed E-state index contributed by atoms with van der Waals surface area (Å²) in [5, 5.41) is 13.8. The highest BCUT2D eigenvalue weighted by Crippen LogP contribution is 2.13. The number of phenolic OH excluding ortho intramolecular Hbond substituents is 1. The van der Waals surface area contributed by atoms with Gasteiger partial charge in [0, 0.05) is 18.3 Å². The normalized spacial score (nSPS) is 10.2. The van der Waals surface area contributed by atoms with Gasteiger partial charge in [0.2, 0.25) is 0 Å². The Labute approximate surface area is 130 Å². The summed E-state index contributed by atoms with van der Waals surface area (Å²) in [5.74, 6) is -3.55. The lowest BCUT2D eigenvalue weighted by molar-refractivity contribution is -0.136. The molecule has 0 radical (unpaired) electrons. The molecule has 0 aromatic heterocycles. The Morgan fingerprint density at radius 3 is 2.35 bits per heavy atom. The van der Waals surface area contributed by atoms with Gasteiger partial charge in [0.05, 0.1) is 0 Å². The van der Waals surface area contributed by atoms with Crippen molar-refractivity contribution in [3.05, 3.63) is 59.7 Å². The van der Waals surface area contributed by atoms with Gasteiger partial charge in [-0.05, 0) is 36.2 Å². The standard InChI is InChI=1S/C16H14F2N2O3/c17-11-7-12(18)9-13(8-11)20-16(23)15(22)19-5-4-10-2-1-3-14(21)6-10/h1-3,6-9,21H,4-5H2,(H,19,22)(H,20,23). The number of aromatic hydroxyl groups is 1. The van der Waals surface area contributed by atoms with Crippen LogP contribution in [0.15, 0.2) is 42.5 Å². The van der Waals surface area contributed by atoms with Crippen LogP contribution < -0.4 is 10.6 Å². The molecule has 0 bridgehead atoms. The molecule has 5 nitrogen and oxygen atoms in total. The maximum atomic E-state index is 13.0. The number of rotatable bonds is 4. The zero-order chi connectivity index (χ0) is 16.8. The molecule has 3 N–H and O–H groups in total. The Morgan fingerprint density at radius 1 is 1.00 bits per heavy atom. The van der Waals surface area contributed by atoms with Crippen LogP contribution in [0.2, 0.25) is 0 Å². The number of carbonyl (C=O) groups excluding carboxylic acids is 2. The molecule has 0 spiro atoms. The summed E-state index contributed by atoms with van der Waals surface area (Å²) < 4.78 is 26.0. The average Bonchev–Trinajstić information content (AvgIpc) is 2.46. The number of phenols is 1. The SMILES string of the molecule is O=C(NCCc1cccc(O)c1)C(=O)Nc1cc(F)cc(F)c1. The van der Waals surface area contributed by atoms with Gasteiger partial charge in [-0.3, -0.25) is 9.59 Å². The summed E-state index contributed by atoms with van der Waals surface area (Å²) in [4.78, 5) is 23.2. The molecular weight excluding hydrogens is 306 g/mol. The molecule has 0 saturated carbocycles. The van der Waals surface area contributed by atoms with Crippen LogP contribution >= 0.6 is 0 Å². The molecule has 0 saturated heterocycles. The zero-order valence-electron chi connectivity index (χ0n) is 12.0. The number of hydrogen-bond donors (Lipinski definition) is 3. The van der Waals surface area contributed by atoms with Crippen LogP contribution in [-0.2, 0) is 16.0 Å². The largest absolute Gasteiger partial charge is 0.508 e. The van der Waals surface area contributed by atoms with Gasteiger partial charge < -0.3 is 15.7 Å². The fourth-order valence-electron chi connectivity index (χ4n) is 1.93. The predicted octanol–water partition coefficient (Wildman–Crippen LogP) is 1.97. The molecular formula is C16H14F2N2O3. The van der Waals surface area contributed by atoms with Gasteiger partial charge in [0.15, 0.2) is 0 Å². The van der Waals surface area contributed by atoms with Crippen molar-refractivity contribution in [3.8, 4) is 5.75 Å². The van der Waals surface area contributed by atoms with Crippen LogP contribution in [0, 0.1) is 11.6 Å². The quantitative estimate of drug-likeness (QED) is 0.754. The van der Waals surface area contributed by atoms with E-state index < -0.39 is 23.4 Å². The van der Waals surface area contributed by atoms with E-state index in [1.807, 2.05) is 0 Å². The van der Waals surface area contributed by atoms with Crippen LogP contribution in [0.25, 0.3) is 0 Å². The Balaban J connectivity index is 1.84. The van der Waals surface area contributed by atoms with Gasteiger partial charge in [-0.2, -0.15) is 0 Å². The van der Waals surface area contributed by atoms with Crippen molar-refractivity contribution in [1.29, 1.82) is 0 Å². The number of benzene rings is 2. The first-order chi connectivity index (χ1) is 10.9. The molecule has 120 valence electrons. The van der Waals surface area contributed by atoms with Crippen molar-refractivity contribution in [1.82, 2.24) is 5.32 Å². The van der Waals surface area contributed by atoms with E-state index in [1.165, 1.54) is 6.07 Å². The highest BCUT2D eigenvalue weighted by molar-refractivity contribution is 6.39. The summed E-state index contributed by atoms with van der Waals surface area (Å²) in [6.07, 6.45) is 0.419. The Kier molecular flexibility index (Phi) is 5.24. The van der Waals surface area contributed by atoms with Crippen LogP contribution in [0.4, 0.5) is 14.5 Å². The average molecular weight is 320 g/mol. The predicted molar refractivity (Wildman–Crippen MR) is 79.8 cm³/mol. The van der Waals surface area contributed by atoms with E-state index >= 15 is 0 Å². The maximum absolute atomic E-state index is 13.0. The van der Waals surface area contributed by atoms with Crippen LogP contribution in [0.1, 0.15) is 5.56 Å². The third-order valence-corrected chi connectivity index (χ3v) is 2.94. The maximum Gasteiger partial charge on any atom is 0.313 e. The van der Waals surface area contributed by atoms with Crippen molar-refractivity contribution < 1.29 is 23.5 Å². The summed E-state index contributed by atoms with van der Waals surface area (Å²) >= 11 is 0. The van der Waals surface area contributed by atoms with Gasteiger partial charge >= 0.3 is 11.8 Å². The molecule has 0 aliphatic rings. The first kappa shape index (κ1) is 16.4. The number of amides is 2. The summed E-state index contributed by atoms with van der Waals surface area (Å²) in [6, 6.07) is 8.96. The smallest absolute Gasteiger partial charge is 0.313 e. The molecule has 7 heteroatoms. The van der Waals surface area contributed by atoms with E-state index in [-0.39, 0.29) is 18.0 Å². The monoisotopic (exact) mass is 320 g/mol. The molecule has 0 aliphatic heterocycles. The third kappa shape index (κ3) is 5.06. The first-order valence-electron chi connectivity index (χ1n) is 6.77. The van der Waals surface area contributed by atoms with Crippen molar-refractivity contribution in [2.24, 2.45) is 0 Å². The van der Waals surface area contributed by atoms with Gasteiger partial charge in [-0.25, -0.2) is 8.78 Å². The molecule has 2 rings (SSSR count). The molecule has 0 atom stereocenters. The van der Waals surface area contributed by atoms with Gasteiger partial charge in [0.1, 0.15) is 17.4 Å². The van der Waals surface area contributed by atoms with E-state index in [2.05, 4.69) is 10.6 Å². The minimum Gasteiger partial charge on any atom is -0.508 e. The lowest BCUT2D eigenvalue weighted by Crippen LogP contribution is -2.36. The second-order valence-electron chi connectivity index (χ2n) is 4.79. The summed E-state index contributed by atoms with van der Waals surface area (Å²) in [7, 11) is 0. The highest BCUT2D eigenvalue weighted by atomic mass is 19.1. The van der Waals surface area contributed by atoms with Crippen molar-refractivity contribution in [2.45, 2.75) is 6.42 Å². The summed E-state index contributed by atoms with van der Waals surface area (Å²) in [5.41, 5.74) is 0.647. The minimum absolute atomic E-state index is 0.111. The fourth-order valence-corrected chi connectivity index (χ4v) is 1.93.